The van der Waals surface area contributed by atoms with Crippen molar-refractivity contribution in [2.75, 3.05) is 50.9 Å². The van der Waals surface area contributed by atoms with Gasteiger partial charge in [-0.2, -0.15) is 4.98 Å². The fourth-order valence-corrected chi connectivity index (χ4v) is 2.81. The van der Waals surface area contributed by atoms with Crippen molar-refractivity contribution < 1.29 is 4.74 Å². The van der Waals surface area contributed by atoms with Crippen LogP contribution in [0.15, 0.2) is 6.20 Å². The molecule has 0 saturated carbocycles. The smallest absolute Gasteiger partial charge is 0.221 e. The van der Waals surface area contributed by atoms with Crippen LogP contribution in [0.3, 0.4) is 0 Å². The van der Waals surface area contributed by atoms with E-state index >= 15 is 0 Å². The summed E-state index contributed by atoms with van der Waals surface area (Å²) in [6.45, 7) is 7.18. The lowest BCUT2D eigenvalue weighted by Gasteiger charge is -2.32. The van der Waals surface area contributed by atoms with Crippen LogP contribution in [0.25, 0.3) is 0 Å². The Morgan fingerprint density at radius 2 is 2.38 bits per heavy atom. The quantitative estimate of drug-likeness (QED) is 0.791. The minimum atomic E-state index is 0.333. The van der Waals surface area contributed by atoms with Gasteiger partial charge in [0.1, 0.15) is 5.82 Å². The Bertz CT molecular complexity index is 440. The van der Waals surface area contributed by atoms with E-state index in [9.17, 15) is 0 Å². The molecular weight excluding hydrogens is 266 g/mol. The van der Waals surface area contributed by atoms with Crippen molar-refractivity contribution in [1.82, 2.24) is 14.9 Å². The maximum atomic E-state index is 5.68. The van der Waals surface area contributed by atoms with E-state index in [2.05, 4.69) is 27.1 Å². The molecule has 2 heterocycles. The maximum Gasteiger partial charge on any atom is 0.221 e. The molecule has 1 aromatic heterocycles. The van der Waals surface area contributed by atoms with Crippen molar-refractivity contribution in [3.05, 3.63) is 11.8 Å². The Kier molecular flexibility index (Phi) is 6.20. The monoisotopic (exact) mass is 293 g/mol. The van der Waals surface area contributed by atoms with E-state index in [0.29, 0.717) is 11.9 Å². The van der Waals surface area contributed by atoms with Crippen molar-refractivity contribution in [2.24, 2.45) is 5.92 Å². The second-order valence-corrected chi connectivity index (χ2v) is 5.64. The van der Waals surface area contributed by atoms with Gasteiger partial charge in [0.15, 0.2) is 0 Å². The summed E-state index contributed by atoms with van der Waals surface area (Å²) in [4.78, 5) is 10.9. The summed E-state index contributed by atoms with van der Waals surface area (Å²) in [5.41, 5.74) is 6.81. The zero-order valence-corrected chi connectivity index (χ0v) is 13.1. The zero-order chi connectivity index (χ0) is 15.1. The van der Waals surface area contributed by atoms with Gasteiger partial charge in [-0.25, -0.2) is 4.98 Å². The molecule has 3 N–H and O–H groups in total. The van der Waals surface area contributed by atoms with E-state index in [1.165, 1.54) is 19.4 Å². The van der Waals surface area contributed by atoms with E-state index < -0.39 is 0 Å². The number of nitrogens with one attached hydrogen (secondary N) is 1. The van der Waals surface area contributed by atoms with Gasteiger partial charge in [-0.05, 0) is 31.7 Å². The van der Waals surface area contributed by atoms with Crippen LogP contribution in [0, 0.1) is 5.92 Å². The molecule has 0 aromatic carbocycles. The fraction of sp³-hybridized carbons (Fsp3) is 0.733. The van der Waals surface area contributed by atoms with Crippen LogP contribution in [0.4, 0.5) is 11.8 Å². The van der Waals surface area contributed by atoms with Gasteiger partial charge < -0.3 is 20.7 Å². The Hall–Kier alpha value is -1.40. The molecule has 6 heteroatoms. The first-order valence-electron chi connectivity index (χ1n) is 7.79. The lowest BCUT2D eigenvalue weighted by molar-refractivity contribution is 0.117. The summed E-state index contributed by atoms with van der Waals surface area (Å²) in [6, 6.07) is 0. The third kappa shape index (κ3) is 4.82. The topological polar surface area (TPSA) is 76.3 Å². The molecule has 21 heavy (non-hydrogen) atoms. The Morgan fingerprint density at radius 3 is 3.14 bits per heavy atom. The lowest BCUT2D eigenvalue weighted by atomic mass is 9.98. The van der Waals surface area contributed by atoms with Crippen molar-refractivity contribution in [3.63, 3.8) is 0 Å². The number of piperidine rings is 1. The van der Waals surface area contributed by atoms with Gasteiger partial charge in [-0.1, -0.05) is 6.92 Å². The fourth-order valence-electron chi connectivity index (χ4n) is 2.81. The second kappa shape index (κ2) is 8.14. The highest BCUT2D eigenvalue weighted by molar-refractivity contribution is 5.46. The van der Waals surface area contributed by atoms with Crippen molar-refractivity contribution in [3.8, 4) is 0 Å². The van der Waals surface area contributed by atoms with Crippen molar-refractivity contribution in [1.29, 1.82) is 0 Å². The number of nitrogens with two attached hydrogens (primary N) is 1. The number of anilines is 2. The van der Waals surface area contributed by atoms with Crippen LogP contribution < -0.4 is 11.1 Å². The molecule has 0 spiro atoms. The van der Waals surface area contributed by atoms with Crippen LogP contribution >= 0.6 is 0 Å². The van der Waals surface area contributed by atoms with Gasteiger partial charge in [-0.3, -0.25) is 0 Å². The summed E-state index contributed by atoms with van der Waals surface area (Å²) >= 11 is 0. The standard InChI is InChI=1S/C15H27N5O/c1-3-13-10-18-15(16)19-14(13)17-9-12-5-4-6-20(11-12)7-8-21-2/h10,12H,3-9,11H2,1-2H3,(H3,16,17,18,19). The number of likely N-dealkylation sites (tertiary alicyclic amines) is 1. The van der Waals surface area contributed by atoms with Gasteiger partial charge in [-0.15, -0.1) is 0 Å². The van der Waals surface area contributed by atoms with Gasteiger partial charge >= 0.3 is 0 Å². The number of aryl methyl sites for hydroxylation is 1. The number of aromatic nitrogens is 2. The molecule has 6 nitrogen and oxygen atoms in total. The number of rotatable bonds is 7. The molecule has 118 valence electrons. The van der Waals surface area contributed by atoms with Crippen molar-refractivity contribution in [2.45, 2.75) is 26.2 Å². The van der Waals surface area contributed by atoms with Crippen LogP contribution in [-0.2, 0) is 11.2 Å². The number of ether oxygens (including phenoxy) is 1. The number of nitrogens with zero attached hydrogens (tertiary/aromatic N) is 3. The Labute approximate surface area is 127 Å². The second-order valence-electron chi connectivity index (χ2n) is 5.64. The molecule has 2 rings (SSSR count). The molecule has 0 bridgehead atoms. The van der Waals surface area contributed by atoms with E-state index in [-0.39, 0.29) is 0 Å². The summed E-state index contributed by atoms with van der Waals surface area (Å²) in [6.07, 6.45) is 5.24. The highest BCUT2D eigenvalue weighted by atomic mass is 16.5. The summed E-state index contributed by atoms with van der Waals surface area (Å²) < 4.78 is 5.16. The third-order valence-electron chi connectivity index (χ3n) is 4.04. The van der Waals surface area contributed by atoms with Crippen LogP contribution in [0.1, 0.15) is 25.3 Å². The van der Waals surface area contributed by atoms with E-state index in [0.717, 1.165) is 44.0 Å². The van der Waals surface area contributed by atoms with Crippen LogP contribution in [0.2, 0.25) is 0 Å². The first-order valence-corrected chi connectivity index (χ1v) is 7.79. The predicted molar refractivity (Wildman–Crippen MR) is 85.4 cm³/mol. The number of methoxy groups -OCH3 is 1. The molecule has 1 saturated heterocycles. The Balaban J connectivity index is 1.86. The number of nitrogen functional groups attached to an aromatic ring is 1. The van der Waals surface area contributed by atoms with E-state index in [4.69, 9.17) is 10.5 Å². The van der Waals surface area contributed by atoms with Crippen molar-refractivity contribution >= 4 is 11.8 Å². The lowest BCUT2D eigenvalue weighted by Crippen LogP contribution is -2.39. The van der Waals surface area contributed by atoms with Crippen LogP contribution in [0.5, 0.6) is 0 Å². The minimum Gasteiger partial charge on any atom is -0.383 e. The van der Waals surface area contributed by atoms with E-state index in [1.807, 2.05) is 6.20 Å². The molecular formula is C15H27N5O. The zero-order valence-electron chi connectivity index (χ0n) is 13.1. The summed E-state index contributed by atoms with van der Waals surface area (Å²) in [5, 5.41) is 3.46. The van der Waals surface area contributed by atoms with Gasteiger partial charge in [0.25, 0.3) is 0 Å². The first-order chi connectivity index (χ1) is 10.2. The largest absolute Gasteiger partial charge is 0.383 e. The summed E-state index contributed by atoms with van der Waals surface area (Å²) in [7, 11) is 1.76. The Morgan fingerprint density at radius 1 is 1.52 bits per heavy atom. The molecule has 1 aliphatic rings. The average Bonchev–Trinajstić information content (AvgIpc) is 2.51. The number of hydrogen-bond acceptors (Lipinski definition) is 6. The minimum absolute atomic E-state index is 0.333. The molecule has 1 aromatic rings. The van der Waals surface area contributed by atoms with E-state index in [1.54, 1.807) is 7.11 Å². The van der Waals surface area contributed by atoms with Gasteiger partial charge in [0, 0.05) is 38.5 Å². The normalized spacial score (nSPS) is 19.6. The third-order valence-corrected chi connectivity index (χ3v) is 4.04. The molecule has 0 radical (unpaired) electrons. The number of hydrogen-bond donors (Lipinski definition) is 2. The maximum absolute atomic E-state index is 5.68. The molecule has 1 unspecified atom stereocenters. The first kappa shape index (κ1) is 16.0. The molecule has 0 amide bonds. The summed E-state index contributed by atoms with van der Waals surface area (Å²) in [5.74, 6) is 1.87. The molecule has 1 fully saturated rings. The highest BCUT2D eigenvalue weighted by Crippen LogP contribution is 2.19. The van der Waals surface area contributed by atoms with Crippen LogP contribution in [-0.4, -0.2) is 54.8 Å². The molecule has 1 aliphatic heterocycles. The SMILES string of the molecule is CCc1cnc(N)nc1NCC1CCCN(CCOC)C1. The highest BCUT2D eigenvalue weighted by Gasteiger charge is 2.19. The van der Waals surface area contributed by atoms with Gasteiger partial charge in [0.05, 0.1) is 6.61 Å². The molecule has 0 aliphatic carbocycles. The average molecular weight is 293 g/mol. The molecule has 1 atom stereocenters. The van der Waals surface area contributed by atoms with Gasteiger partial charge in [0.2, 0.25) is 5.95 Å². The predicted octanol–water partition coefficient (Wildman–Crippen LogP) is 1.39.